The molecule has 2 heteroatoms. The Balaban J connectivity index is 3.28. The van der Waals surface area contributed by atoms with Gasteiger partial charge in [0.25, 0.3) is 0 Å². The number of alkyl halides is 1. The maximum atomic E-state index is 8.33. The lowest BCUT2D eigenvalue weighted by atomic mass is 10.1. The van der Waals surface area contributed by atoms with Gasteiger partial charge in [-0.3, -0.25) is 0 Å². The summed E-state index contributed by atoms with van der Waals surface area (Å²) in [5.41, 5.74) is 0. The van der Waals surface area contributed by atoms with Crippen molar-refractivity contribution in [2.24, 2.45) is 5.92 Å². The minimum atomic E-state index is 0.201. The van der Waals surface area contributed by atoms with Gasteiger partial charge in [-0.1, -0.05) is 36.4 Å². The van der Waals surface area contributed by atoms with Crippen LogP contribution >= 0.6 is 22.6 Å². The number of rotatable bonds is 2. The molecule has 1 nitrogen and oxygen atoms in total. The molecule has 0 saturated carbocycles. The number of hydrogen-bond donors (Lipinski definition) is 0. The second-order valence-corrected chi connectivity index (χ2v) is 3.73. The van der Waals surface area contributed by atoms with E-state index in [9.17, 15) is 0 Å². The molecule has 0 spiro atoms. The predicted octanol–water partition coefficient (Wildman–Crippen LogP) is 2.36. The standard InChI is InChI=1S/C6H10IN/c1-5(2)3-6(7)4-8/h5-6H,3H2,1-2H3. The fourth-order valence-corrected chi connectivity index (χ4v) is 1.48. The molecular weight excluding hydrogens is 213 g/mol. The van der Waals surface area contributed by atoms with Gasteiger partial charge in [-0.25, -0.2) is 0 Å². The highest BCUT2D eigenvalue weighted by molar-refractivity contribution is 14.1. The van der Waals surface area contributed by atoms with Crippen LogP contribution in [0.4, 0.5) is 0 Å². The van der Waals surface area contributed by atoms with Gasteiger partial charge in [0, 0.05) is 0 Å². The van der Waals surface area contributed by atoms with Crippen LogP contribution in [0.25, 0.3) is 0 Å². The molecule has 46 valence electrons. The number of halogens is 1. The summed E-state index contributed by atoms with van der Waals surface area (Å²) < 4.78 is 0.201. The van der Waals surface area contributed by atoms with E-state index in [0.29, 0.717) is 5.92 Å². The van der Waals surface area contributed by atoms with E-state index in [1.165, 1.54) is 0 Å². The molecule has 0 aromatic rings. The van der Waals surface area contributed by atoms with Crippen molar-refractivity contribution in [3.63, 3.8) is 0 Å². The summed E-state index contributed by atoms with van der Waals surface area (Å²) in [4.78, 5) is 0. The Hall–Kier alpha value is 0.220. The Kier molecular flexibility index (Phi) is 4.25. The van der Waals surface area contributed by atoms with Crippen LogP contribution in [0.15, 0.2) is 0 Å². The normalized spacial score (nSPS) is 13.4. The Morgan fingerprint density at radius 1 is 1.62 bits per heavy atom. The van der Waals surface area contributed by atoms with Crippen LogP contribution in [0.2, 0.25) is 0 Å². The van der Waals surface area contributed by atoms with E-state index in [1.54, 1.807) is 0 Å². The molecule has 8 heavy (non-hydrogen) atoms. The third-order valence-corrected chi connectivity index (χ3v) is 1.61. The van der Waals surface area contributed by atoms with Crippen LogP contribution in [0.3, 0.4) is 0 Å². The summed E-state index contributed by atoms with van der Waals surface area (Å²) >= 11 is 2.16. The third-order valence-electron chi connectivity index (χ3n) is 0.818. The Morgan fingerprint density at radius 2 is 2.12 bits per heavy atom. The van der Waals surface area contributed by atoms with Gasteiger partial charge >= 0.3 is 0 Å². The molecule has 0 radical (unpaired) electrons. The lowest BCUT2D eigenvalue weighted by Crippen LogP contribution is -1.97. The van der Waals surface area contributed by atoms with Gasteiger partial charge in [0.15, 0.2) is 0 Å². The monoisotopic (exact) mass is 223 g/mol. The summed E-state index contributed by atoms with van der Waals surface area (Å²) in [7, 11) is 0. The van der Waals surface area contributed by atoms with Crippen LogP contribution in [0.5, 0.6) is 0 Å². The fourth-order valence-electron chi connectivity index (χ4n) is 0.467. The minimum absolute atomic E-state index is 0.201. The zero-order valence-electron chi connectivity index (χ0n) is 5.19. The molecule has 0 N–H and O–H groups in total. The third kappa shape index (κ3) is 4.38. The maximum absolute atomic E-state index is 8.33. The van der Waals surface area contributed by atoms with Crippen molar-refractivity contribution in [2.75, 3.05) is 0 Å². The summed E-state index contributed by atoms with van der Waals surface area (Å²) in [5, 5.41) is 8.33. The highest BCUT2D eigenvalue weighted by Gasteiger charge is 2.02. The summed E-state index contributed by atoms with van der Waals surface area (Å²) in [6.07, 6.45) is 1.01. The first kappa shape index (κ1) is 8.22. The van der Waals surface area contributed by atoms with E-state index in [2.05, 4.69) is 42.5 Å². The van der Waals surface area contributed by atoms with Crippen molar-refractivity contribution in [1.82, 2.24) is 0 Å². The Labute approximate surface area is 64.2 Å². The predicted molar refractivity (Wildman–Crippen MR) is 42.9 cm³/mol. The van der Waals surface area contributed by atoms with Crippen LogP contribution in [-0.2, 0) is 0 Å². The van der Waals surface area contributed by atoms with Crippen molar-refractivity contribution in [3.05, 3.63) is 0 Å². The minimum Gasteiger partial charge on any atom is -0.197 e. The van der Waals surface area contributed by atoms with E-state index in [-0.39, 0.29) is 3.92 Å². The lowest BCUT2D eigenvalue weighted by Gasteiger charge is -2.01. The first-order valence-electron chi connectivity index (χ1n) is 2.70. The molecule has 0 bridgehead atoms. The second kappa shape index (κ2) is 4.13. The lowest BCUT2D eigenvalue weighted by molar-refractivity contribution is 0.612. The molecule has 0 aromatic heterocycles. The van der Waals surface area contributed by atoms with Crippen molar-refractivity contribution in [2.45, 2.75) is 24.2 Å². The first-order chi connectivity index (χ1) is 3.66. The van der Waals surface area contributed by atoms with Gasteiger partial charge in [-0.15, -0.1) is 0 Å². The molecule has 0 aliphatic heterocycles. The van der Waals surface area contributed by atoms with Crippen molar-refractivity contribution in [1.29, 1.82) is 5.26 Å². The summed E-state index contributed by atoms with van der Waals surface area (Å²) in [6.45, 7) is 4.26. The quantitative estimate of drug-likeness (QED) is 0.520. The van der Waals surface area contributed by atoms with Crippen LogP contribution < -0.4 is 0 Å². The molecule has 0 heterocycles. The van der Waals surface area contributed by atoms with Gasteiger partial charge in [0.05, 0.1) is 9.99 Å². The molecular formula is C6H10IN. The Morgan fingerprint density at radius 3 is 2.25 bits per heavy atom. The Bertz CT molecular complexity index is 93.2. The largest absolute Gasteiger partial charge is 0.197 e. The highest BCUT2D eigenvalue weighted by Crippen LogP contribution is 2.11. The molecule has 0 saturated heterocycles. The molecule has 0 aromatic carbocycles. The molecule has 1 atom stereocenters. The first-order valence-corrected chi connectivity index (χ1v) is 3.95. The molecule has 1 unspecified atom stereocenters. The van der Waals surface area contributed by atoms with Crippen LogP contribution in [-0.4, -0.2) is 3.92 Å². The number of hydrogen-bond acceptors (Lipinski definition) is 1. The highest BCUT2D eigenvalue weighted by atomic mass is 127. The zero-order chi connectivity index (χ0) is 6.57. The summed E-state index contributed by atoms with van der Waals surface area (Å²) in [6, 6.07) is 2.18. The van der Waals surface area contributed by atoms with Crippen molar-refractivity contribution in [3.8, 4) is 6.07 Å². The van der Waals surface area contributed by atoms with E-state index in [0.717, 1.165) is 6.42 Å². The average Bonchev–Trinajstić information content (AvgIpc) is 1.65. The molecule has 0 aliphatic rings. The smallest absolute Gasteiger partial charge is 0.0980 e. The van der Waals surface area contributed by atoms with Crippen LogP contribution in [0, 0.1) is 17.2 Å². The topological polar surface area (TPSA) is 23.8 Å². The van der Waals surface area contributed by atoms with E-state index in [1.807, 2.05) is 0 Å². The maximum Gasteiger partial charge on any atom is 0.0980 e. The van der Waals surface area contributed by atoms with E-state index >= 15 is 0 Å². The summed E-state index contributed by atoms with van der Waals surface area (Å²) in [5.74, 6) is 0.650. The van der Waals surface area contributed by atoms with Crippen molar-refractivity contribution < 1.29 is 0 Å². The van der Waals surface area contributed by atoms with E-state index in [4.69, 9.17) is 5.26 Å². The van der Waals surface area contributed by atoms with E-state index < -0.39 is 0 Å². The second-order valence-electron chi connectivity index (χ2n) is 2.23. The molecule has 0 fully saturated rings. The number of nitriles is 1. The molecule has 0 rings (SSSR count). The van der Waals surface area contributed by atoms with Gasteiger partial charge in [0.2, 0.25) is 0 Å². The van der Waals surface area contributed by atoms with Gasteiger partial charge in [-0.2, -0.15) is 5.26 Å². The number of nitrogens with zero attached hydrogens (tertiary/aromatic N) is 1. The van der Waals surface area contributed by atoms with Gasteiger partial charge in [-0.05, 0) is 12.3 Å². The van der Waals surface area contributed by atoms with Crippen molar-refractivity contribution >= 4 is 22.6 Å². The average molecular weight is 223 g/mol. The molecule has 0 amide bonds. The van der Waals surface area contributed by atoms with Gasteiger partial charge in [0.1, 0.15) is 0 Å². The zero-order valence-corrected chi connectivity index (χ0v) is 7.34. The fraction of sp³-hybridized carbons (Fsp3) is 0.833. The van der Waals surface area contributed by atoms with Gasteiger partial charge < -0.3 is 0 Å². The molecule has 0 aliphatic carbocycles. The van der Waals surface area contributed by atoms with Crippen LogP contribution in [0.1, 0.15) is 20.3 Å². The SMILES string of the molecule is CC(C)CC(I)C#N.